The van der Waals surface area contributed by atoms with Gasteiger partial charge in [-0.25, -0.2) is 19.3 Å². The molecule has 2 atom stereocenters. The minimum atomic E-state index is -0.471. The molecule has 0 bridgehead atoms. The summed E-state index contributed by atoms with van der Waals surface area (Å²) in [4.78, 5) is 12.0. The van der Waals surface area contributed by atoms with Crippen LogP contribution in [-0.2, 0) is 0 Å². The molecule has 0 spiro atoms. The fourth-order valence-corrected chi connectivity index (χ4v) is 2.28. The van der Waals surface area contributed by atoms with Crippen molar-refractivity contribution in [2.24, 2.45) is 5.92 Å². The highest BCUT2D eigenvalue weighted by Gasteiger charge is 2.29. The predicted molar refractivity (Wildman–Crippen MR) is 63.2 cm³/mol. The molecule has 0 saturated heterocycles. The van der Waals surface area contributed by atoms with Gasteiger partial charge in [-0.3, -0.25) is 0 Å². The van der Waals surface area contributed by atoms with Crippen LogP contribution in [0.25, 0.3) is 11.2 Å². The van der Waals surface area contributed by atoms with Crippen molar-refractivity contribution in [3.8, 4) is 0 Å². The molecule has 1 aliphatic rings. The third-order valence-corrected chi connectivity index (χ3v) is 3.20. The summed E-state index contributed by atoms with van der Waals surface area (Å²) in [6.07, 6.45) is 4.78. The summed E-state index contributed by atoms with van der Waals surface area (Å²) in [7, 11) is 0. The summed E-state index contributed by atoms with van der Waals surface area (Å²) in [5.74, 6) is -0.156. The van der Waals surface area contributed by atoms with E-state index >= 15 is 0 Å². The normalized spacial score (nSPS) is 23.6. The fraction of sp³-hybridized carbons (Fsp3) is 0.364. The topological polar surface area (TPSA) is 89.9 Å². The molecule has 94 valence electrons. The Bertz CT molecular complexity index is 623. The Kier molecular flexibility index (Phi) is 2.48. The first-order valence-corrected chi connectivity index (χ1v) is 5.61. The molecule has 0 fully saturated rings. The van der Waals surface area contributed by atoms with Gasteiger partial charge in [-0.15, -0.1) is 0 Å². The Labute approximate surface area is 102 Å². The molecule has 0 saturated carbocycles. The van der Waals surface area contributed by atoms with Gasteiger partial charge >= 0.3 is 0 Å². The van der Waals surface area contributed by atoms with Gasteiger partial charge < -0.3 is 15.4 Å². The highest BCUT2D eigenvalue weighted by atomic mass is 19.1. The number of allylic oxidation sites excluding steroid dienone is 1. The Morgan fingerprint density at radius 3 is 3.00 bits per heavy atom. The third-order valence-electron chi connectivity index (χ3n) is 3.20. The summed E-state index contributed by atoms with van der Waals surface area (Å²) >= 11 is 0. The lowest BCUT2D eigenvalue weighted by molar-refractivity contribution is 0.243. The third kappa shape index (κ3) is 1.55. The molecule has 18 heavy (non-hydrogen) atoms. The molecule has 0 radical (unpaired) electrons. The number of aromatic nitrogens is 4. The molecule has 0 unspecified atom stereocenters. The van der Waals surface area contributed by atoms with Gasteiger partial charge in [0.15, 0.2) is 11.5 Å². The summed E-state index contributed by atoms with van der Waals surface area (Å²) in [5.41, 5.74) is 6.66. The Balaban J connectivity index is 2.06. The Morgan fingerprint density at radius 1 is 1.44 bits per heavy atom. The van der Waals surface area contributed by atoms with E-state index < -0.39 is 6.04 Å². The Morgan fingerprint density at radius 2 is 2.28 bits per heavy atom. The number of hydrogen-bond donors (Lipinski definition) is 2. The van der Waals surface area contributed by atoms with Crippen LogP contribution in [0.15, 0.2) is 24.6 Å². The zero-order valence-electron chi connectivity index (χ0n) is 9.49. The molecule has 7 heteroatoms. The average Bonchev–Trinajstić information content (AvgIpc) is 2.93. The van der Waals surface area contributed by atoms with E-state index in [2.05, 4.69) is 15.0 Å². The monoisotopic (exact) mass is 249 g/mol. The van der Waals surface area contributed by atoms with Crippen LogP contribution in [0.1, 0.15) is 12.5 Å². The molecule has 0 amide bonds. The molecular weight excluding hydrogens is 237 g/mol. The van der Waals surface area contributed by atoms with Gasteiger partial charge in [0.25, 0.3) is 0 Å². The maximum absolute atomic E-state index is 13.8. The van der Waals surface area contributed by atoms with Crippen molar-refractivity contribution < 1.29 is 9.50 Å². The summed E-state index contributed by atoms with van der Waals surface area (Å²) in [5, 5.41) is 9.07. The fourth-order valence-electron chi connectivity index (χ4n) is 2.28. The number of fused-ring (bicyclic) bond motifs is 1. The van der Waals surface area contributed by atoms with E-state index in [9.17, 15) is 4.39 Å². The molecule has 0 aliphatic heterocycles. The van der Waals surface area contributed by atoms with Crippen molar-refractivity contribution in [1.82, 2.24) is 19.5 Å². The minimum absolute atomic E-state index is 0.0618. The van der Waals surface area contributed by atoms with Crippen LogP contribution in [0.2, 0.25) is 0 Å². The van der Waals surface area contributed by atoms with Crippen molar-refractivity contribution in [2.75, 3.05) is 12.3 Å². The number of anilines is 1. The second-order valence-corrected chi connectivity index (χ2v) is 4.33. The molecule has 2 aromatic rings. The van der Waals surface area contributed by atoms with Crippen molar-refractivity contribution in [2.45, 2.75) is 12.5 Å². The molecule has 2 aromatic heterocycles. The zero-order chi connectivity index (χ0) is 12.7. The second-order valence-electron chi connectivity index (χ2n) is 4.33. The molecule has 1 aliphatic carbocycles. The number of hydrogen-bond acceptors (Lipinski definition) is 5. The largest absolute Gasteiger partial charge is 0.396 e. The van der Waals surface area contributed by atoms with Gasteiger partial charge in [-0.2, -0.15) is 0 Å². The van der Waals surface area contributed by atoms with Crippen LogP contribution in [0.5, 0.6) is 0 Å². The maximum atomic E-state index is 13.8. The van der Waals surface area contributed by atoms with Crippen LogP contribution in [-0.4, -0.2) is 31.2 Å². The maximum Gasteiger partial charge on any atom is 0.166 e. The predicted octanol–water partition coefficient (Wildman–Crippen LogP) is 0.815. The van der Waals surface area contributed by atoms with Crippen molar-refractivity contribution in [1.29, 1.82) is 0 Å². The van der Waals surface area contributed by atoms with Crippen LogP contribution in [0.3, 0.4) is 0 Å². The highest BCUT2D eigenvalue weighted by molar-refractivity contribution is 5.81. The summed E-state index contributed by atoms with van der Waals surface area (Å²) in [6, 6.07) is -0.471. The van der Waals surface area contributed by atoms with E-state index in [4.69, 9.17) is 10.8 Å². The van der Waals surface area contributed by atoms with Crippen LogP contribution in [0.4, 0.5) is 10.2 Å². The molecule has 3 rings (SSSR count). The quantitative estimate of drug-likeness (QED) is 0.822. The van der Waals surface area contributed by atoms with Gasteiger partial charge in [0.2, 0.25) is 0 Å². The van der Waals surface area contributed by atoms with Crippen LogP contribution in [0, 0.1) is 5.92 Å². The minimum Gasteiger partial charge on any atom is -0.396 e. The number of aliphatic hydroxyl groups is 1. The standard InChI is InChI=1S/C11H12FN5O/c12-7-1-6(3-18)2-8(7)17-5-16-9-10(13)14-4-15-11(9)17/h1,4-6,8,18H,2-3H2,(H2,13,14,15)/t6-,8-/m1/s1. The molecule has 3 N–H and O–H groups in total. The second kappa shape index (κ2) is 4.02. The van der Waals surface area contributed by atoms with Gasteiger partial charge in [0.1, 0.15) is 17.7 Å². The number of rotatable bonds is 2. The SMILES string of the molecule is Nc1ncnc2c1ncn2[C@@H]1C[C@H](CO)C=C1F. The average molecular weight is 249 g/mol. The lowest BCUT2D eigenvalue weighted by atomic mass is 10.1. The number of nitrogens with zero attached hydrogens (tertiary/aromatic N) is 4. The number of halogens is 1. The number of imidazole rings is 1. The van der Waals surface area contributed by atoms with E-state index in [0.29, 0.717) is 17.6 Å². The number of nitrogens with two attached hydrogens (primary N) is 1. The lowest BCUT2D eigenvalue weighted by Crippen LogP contribution is -2.09. The molecular formula is C11H12FN5O. The smallest absolute Gasteiger partial charge is 0.166 e. The van der Waals surface area contributed by atoms with Gasteiger partial charge in [0, 0.05) is 12.5 Å². The Hall–Kier alpha value is -2.02. The molecule has 2 heterocycles. The summed E-state index contributed by atoms with van der Waals surface area (Å²) < 4.78 is 15.5. The van der Waals surface area contributed by atoms with Gasteiger partial charge in [-0.05, 0) is 12.5 Å². The van der Waals surface area contributed by atoms with Crippen LogP contribution < -0.4 is 5.73 Å². The zero-order valence-corrected chi connectivity index (χ0v) is 9.49. The van der Waals surface area contributed by atoms with E-state index in [0.717, 1.165) is 0 Å². The van der Waals surface area contributed by atoms with Crippen molar-refractivity contribution in [3.63, 3.8) is 0 Å². The molecule has 0 aromatic carbocycles. The van der Waals surface area contributed by atoms with E-state index in [-0.39, 0.29) is 24.2 Å². The van der Waals surface area contributed by atoms with E-state index in [1.54, 1.807) is 4.57 Å². The van der Waals surface area contributed by atoms with Crippen molar-refractivity contribution in [3.05, 3.63) is 24.6 Å². The highest BCUT2D eigenvalue weighted by Crippen LogP contribution is 2.36. The van der Waals surface area contributed by atoms with E-state index in [1.807, 2.05) is 0 Å². The van der Waals surface area contributed by atoms with E-state index in [1.165, 1.54) is 18.7 Å². The van der Waals surface area contributed by atoms with Crippen molar-refractivity contribution >= 4 is 17.0 Å². The first-order chi connectivity index (χ1) is 8.70. The number of nitrogen functional groups attached to an aromatic ring is 1. The molecule has 6 nitrogen and oxygen atoms in total. The lowest BCUT2D eigenvalue weighted by Gasteiger charge is -2.13. The first kappa shape index (κ1) is 11.1. The first-order valence-electron chi connectivity index (χ1n) is 5.61. The van der Waals surface area contributed by atoms with Crippen LogP contribution >= 0.6 is 0 Å². The van der Waals surface area contributed by atoms with Gasteiger partial charge in [-0.1, -0.05) is 0 Å². The number of aliphatic hydroxyl groups excluding tert-OH is 1. The summed E-state index contributed by atoms with van der Waals surface area (Å²) in [6.45, 7) is -0.0618. The van der Waals surface area contributed by atoms with Gasteiger partial charge in [0.05, 0.1) is 12.4 Å².